The average molecular weight is 245 g/mol. The Bertz CT molecular complexity index is 586. The fraction of sp³-hybridized carbons (Fsp3) is 0.286. The summed E-state index contributed by atoms with van der Waals surface area (Å²) in [5.41, 5.74) is 2.03. The first-order valence-electron chi connectivity index (χ1n) is 5.74. The van der Waals surface area contributed by atoms with Crippen molar-refractivity contribution in [1.29, 1.82) is 0 Å². The summed E-state index contributed by atoms with van der Waals surface area (Å²) < 4.78 is 6.60. The van der Waals surface area contributed by atoms with Crippen molar-refractivity contribution in [3.63, 3.8) is 0 Å². The second kappa shape index (κ2) is 5.04. The fourth-order valence-corrected chi connectivity index (χ4v) is 2.11. The van der Waals surface area contributed by atoms with Crippen LogP contribution in [0.15, 0.2) is 30.3 Å². The average Bonchev–Trinajstić information content (AvgIpc) is 2.72. The number of aromatic nitrogens is 1. The van der Waals surface area contributed by atoms with Crippen molar-refractivity contribution in [3.05, 3.63) is 36.0 Å². The lowest BCUT2D eigenvalue weighted by Gasteiger charge is -2.09. The molecule has 0 aliphatic heterocycles. The zero-order chi connectivity index (χ0) is 13.1. The Hall–Kier alpha value is -2.10. The molecule has 1 atom stereocenters. The molecular formula is C14H15NO3. The zero-order valence-electron chi connectivity index (χ0n) is 10.4. The highest BCUT2D eigenvalue weighted by Crippen LogP contribution is 2.20. The molecule has 94 valence electrons. The molecule has 1 unspecified atom stereocenters. The van der Waals surface area contributed by atoms with Crippen molar-refractivity contribution in [2.24, 2.45) is 13.0 Å². The van der Waals surface area contributed by atoms with Crippen LogP contribution in [0.4, 0.5) is 0 Å². The highest BCUT2D eigenvalue weighted by Gasteiger charge is 2.20. The molecule has 18 heavy (non-hydrogen) atoms. The monoisotopic (exact) mass is 245 g/mol. The molecule has 1 aromatic heterocycles. The molecule has 4 heteroatoms. The van der Waals surface area contributed by atoms with Crippen LogP contribution in [0.3, 0.4) is 0 Å². The third-order valence-corrected chi connectivity index (χ3v) is 3.15. The first kappa shape index (κ1) is 12.4. The number of ether oxygens (including phenoxy) is 1. The van der Waals surface area contributed by atoms with E-state index in [0.717, 1.165) is 16.6 Å². The molecule has 1 heterocycles. The number of carbonyl (C=O) groups excluding carboxylic acids is 2. The molecule has 0 aliphatic carbocycles. The summed E-state index contributed by atoms with van der Waals surface area (Å²) in [4.78, 5) is 22.3. The maximum atomic E-state index is 11.4. The Balaban J connectivity index is 2.34. The topological polar surface area (TPSA) is 48.3 Å². The Kier molecular flexibility index (Phi) is 3.46. The van der Waals surface area contributed by atoms with Gasteiger partial charge in [0.25, 0.3) is 0 Å². The predicted octanol–water partition coefficient (Wildman–Crippen LogP) is 1.71. The van der Waals surface area contributed by atoms with E-state index < -0.39 is 11.9 Å². The van der Waals surface area contributed by atoms with Crippen LogP contribution >= 0.6 is 0 Å². The van der Waals surface area contributed by atoms with E-state index in [1.54, 1.807) is 0 Å². The minimum atomic E-state index is -0.738. The van der Waals surface area contributed by atoms with Gasteiger partial charge in [0, 0.05) is 24.7 Å². The Morgan fingerprint density at radius 2 is 2.17 bits per heavy atom. The fourth-order valence-electron chi connectivity index (χ4n) is 2.11. The van der Waals surface area contributed by atoms with Gasteiger partial charge in [0.2, 0.25) is 0 Å². The molecule has 4 nitrogen and oxygen atoms in total. The van der Waals surface area contributed by atoms with Crippen LogP contribution in [0.5, 0.6) is 0 Å². The van der Waals surface area contributed by atoms with E-state index in [-0.39, 0.29) is 0 Å². The number of hydrogen-bond donors (Lipinski definition) is 0. The van der Waals surface area contributed by atoms with Crippen molar-refractivity contribution in [2.75, 3.05) is 7.11 Å². The minimum absolute atomic E-state index is 0.362. The highest BCUT2D eigenvalue weighted by atomic mass is 16.5. The molecule has 0 saturated carbocycles. The summed E-state index contributed by atoms with van der Waals surface area (Å²) in [6.45, 7) is 0. The first-order valence-corrected chi connectivity index (χ1v) is 5.74. The Labute approximate surface area is 105 Å². The summed E-state index contributed by atoms with van der Waals surface area (Å²) in [5.74, 6) is -1.23. The van der Waals surface area contributed by atoms with E-state index in [1.165, 1.54) is 7.11 Å². The lowest BCUT2D eigenvalue weighted by atomic mass is 10.1. The summed E-state index contributed by atoms with van der Waals surface area (Å²) in [6, 6.07) is 9.93. The van der Waals surface area contributed by atoms with Gasteiger partial charge in [-0.15, -0.1) is 0 Å². The van der Waals surface area contributed by atoms with Crippen molar-refractivity contribution >= 4 is 23.2 Å². The minimum Gasteiger partial charge on any atom is -0.468 e. The number of benzene rings is 1. The van der Waals surface area contributed by atoms with E-state index in [1.807, 2.05) is 41.9 Å². The summed E-state index contributed by atoms with van der Waals surface area (Å²) in [7, 11) is 3.22. The number of aldehydes is 1. The Morgan fingerprint density at radius 1 is 1.44 bits per heavy atom. The molecule has 2 aromatic rings. The quantitative estimate of drug-likeness (QED) is 0.468. The molecule has 0 radical (unpaired) electrons. The molecule has 0 bridgehead atoms. The van der Waals surface area contributed by atoms with Gasteiger partial charge in [-0.2, -0.15) is 0 Å². The number of hydrogen-bond acceptors (Lipinski definition) is 3. The number of methoxy groups -OCH3 is 1. The van der Waals surface area contributed by atoms with E-state index in [2.05, 4.69) is 4.74 Å². The van der Waals surface area contributed by atoms with E-state index in [9.17, 15) is 9.59 Å². The van der Waals surface area contributed by atoms with Crippen LogP contribution in [0.25, 0.3) is 10.9 Å². The number of esters is 1. The Morgan fingerprint density at radius 3 is 2.78 bits per heavy atom. The van der Waals surface area contributed by atoms with Crippen LogP contribution in [0.1, 0.15) is 5.69 Å². The second-order valence-electron chi connectivity index (χ2n) is 4.22. The van der Waals surface area contributed by atoms with Gasteiger partial charge in [-0.25, -0.2) is 0 Å². The van der Waals surface area contributed by atoms with Crippen LogP contribution in [0.2, 0.25) is 0 Å². The molecule has 0 N–H and O–H groups in total. The second-order valence-corrected chi connectivity index (χ2v) is 4.22. The van der Waals surface area contributed by atoms with Crippen LogP contribution in [0, 0.1) is 5.92 Å². The highest BCUT2D eigenvalue weighted by molar-refractivity contribution is 5.88. The smallest absolute Gasteiger partial charge is 0.316 e. The van der Waals surface area contributed by atoms with Gasteiger partial charge in [-0.05, 0) is 17.5 Å². The van der Waals surface area contributed by atoms with Gasteiger partial charge in [0.15, 0.2) is 0 Å². The third-order valence-electron chi connectivity index (χ3n) is 3.15. The molecule has 0 fully saturated rings. The largest absolute Gasteiger partial charge is 0.468 e. The van der Waals surface area contributed by atoms with Crippen molar-refractivity contribution in [3.8, 4) is 0 Å². The normalized spacial score (nSPS) is 12.3. The number of nitrogens with zero attached hydrogens (tertiary/aromatic N) is 1. The van der Waals surface area contributed by atoms with Crippen LogP contribution in [-0.2, 0) is 27.8 Å². The predicted molar refractivity (Wildman–Crippen MR) is 68.2 cm³/mol. The van der Waals surface area contributed by atoms with Gasteiger partial charge >= 0.3 is 5.97 Å². The lowest BCUT2D eigenvalue weighted by Crippen LogP contribution is -2.21. The zero-order valence-corrected chi connectivity index (χ0v) is 10.4. The third kappa shape index (κ3) is 2.14. The van der Waals surface area contributed by atoms with Gasteiger partial charge < -0.3 is 14.1 Å². The maximum absolute atomic E-state index is 11.4. The van der Waals surface area contributed by atoms with Gasteiger partial charge in [0.1, 0.15) is 12.2 Å². The SMILES string of the molecule is COC(=O)C(C=O)Cc1cc2ccccc2n1C. The summed E-state index contributed by atoms with van der Waals surface area (Å²) >= 11 is 0. The number of carbonyl (C=O) groups is 2. The number of aryl methyl sites for hydroxylation is 1. The molecule has 1 aromatic carbocycles. The van der Waals surface area contributed by atoms with Gasteiger partial charge in [-0.3, -0.25) is 4.79 Å². The van der Waals surface area contributed by atoms with Crippen molar-refractivity contribution < 1.29 is 14.3 Å². The van der Waals surface area contributed by atoms with Gasteiger partial charge in [-0.1, -0.05) is 18.2 Å². The number of rotatable bonds is 4. The molecule has 0 amide bonds. The lowest BCUT2D eigenvalue weighted by molar-refractivity contribution is -0.146. The summed E-state index contributed by atoms with van der Waals surface area (Å²) in [6.07, 6.45) is 1.00. The van der Waals surface area contributed by atoms with E-state index in [0.29, 0.717) is 12.7 Å². The van der Waals surface area contributed by atoms with Crippen LogP contribution < -0.4 is 0 Å². The molecule has 0 aliphatic rings. The van der Waals surface area contributed by atoms with E-state index >= 15 is 0 Å². The standard InChI is InChI=1S/C14H15NO3/c1-15-12(8-11(9-16)14(17)18-2)7-10-5-3-4-6-13(10)15/h3-7,9,11H,8H2,1-2H3. The molecular weight excluding hydrogens is 230 g/mol. The number of para-hydroxylation sites is 1. The maximum Gasteiger partial charge on any atom is 0.316 e. The molecule has 2 rings (SSSR count). The van der Waals surface area contributed by atoms with Crippen LogP contribution in [-0.4, -0.2) is 23.9 Å². The van der Waals surface area contributed by atoms with E-state index in [4.69, 9.17) is 0 Å². The summed E-state index contributed by atoms with van der Waals surface area (Å²) in [5, 5.41) is 1.10. The van der Waals surface area contributed by atoms with Crippen molar-refractivity contribution in [2.45, 2.75) is 6.42 Å². The number of fused-ring (bicyclic) bond motifs is 1. The first-order chi connectivity index (χ1) is 8.67. The molecule has 0 saturated heterocycles. The van der Waals surface area contributed by atoms with Crippen molar-refractivity contribution in [1.82, 2.24) is 4.57 Å². The van der Waals surface area contributed by atoms with Gasteiger partial charge in [0.05, 0.1) is 7.11 Å². The molecule has 0 spiro atoms.